The lowest BCUT2D eigenvalue weighted by Gasteiger charge is -2.11. The molecule has 2 aromatic rings. The average molecular weight is 214 g/mol. The van der Waals surface area contributed by atoms with Crippen LogP contribution in [0.4, 0.5) is 5.82 Å². The summed E-state index contributed by atoms with van der Waals surface area (Å²) in [7, 11) is 0. The molecule has 0 aliphatic heterocycles. The van der Waals surface area contributed by atoms with Crippen LogP contribution in [0.5, 0.6) is 0 Å². The van der Waals surface area contributed by atoms with E-state index in [2.05, 4.69) is 31.6 Å². The first-order chi connectivity index (χ1) is 7.81. The fourth-order valence-corrected chi connectivity index (χ4v) is 1.32. The predicted octanol–water partition coefficient (Wildman–Crippen LogP) is 1.24. The van der Waals surface area contributed by atoms with Crippen LogP contribution in [0.25, 0.3) is 0 Å². The zero-order chi connectivity index (χ0) is 11.4. The van der Waals surface area contributed by atoms with Crippen LogP contribution in [0.2, 0.25) is 0 Å². The molecule has 2 N–H and O–H groups in total. The molecular formula is C10H10N6. The quantitative estimate of drug-likeness (QED) is 0.802. The van der Waals surface area contributed by atoms with Crippen molar-refractivity contribution < 1.29 is 0 Å². The highest BCUT2D eigenvalue weighted by atomic mass is 15.2. The minimum atomic E-state index is -0.0567. The Morgan fingerprint density at radius 3 is 3.06 bits per heavy atom. The zero-order valence-corrected chi connectivity index (χ0v) is 8.68. The van der Waals surface area contributed by atoms with Gasteiger partial charge in [0.2, 0.25) is 0 Å². The number of rotatable bonds is 3. The molecule has 0 aromatic carbocycles. The van der Waals surface area contributed by atoms with Crippen molar-refractivity contribution >= 4 is 5.82 Å². The Hall–Kier alpha value is -2.42. The number of hydrogen-bond donors (Lipinski definition) is 2. The Morgan fingerprint density at radius 2 is 2.38 bits per heavy atom. The van der Waals surface area contributed by atoms with Gasteiger partial charge in [0.05, 0.1) is 17.8 Å². The van der Waals surface area contributed by atoms with E-state index in [9.17, 15) is 0 Å². The summed E-state index contributed by atoms with van der Waals surface area (Å²) < 4.78 is 0. The van der Waals surface area contributed by atoms with Gasteiger partial charge in [0.25, 0.3) is 0 Å². The summed E-state index contributed by atoms with van der Waals surface area (Å²) >= 11 is 0. The summed E-state index contributed by atoms with van der Waals surface area (Å²) in [5, 5.41) is 19.6. The summed E-state index contributed by atoms with van der Waals surface area (Å²) in [6.07, 6.45) is 4.91. The Labute approximate surface area is 92.4 Å². The van der Waals surface area contributed by atoms with E-state index in [1.807, 2.05) is 6.92 Å². The molecule has 2 aromatic heterocycles. The third kappa shape index (κ3) is 1.98. The van der Waals surface area contributed by atoms with E-state index in [1.165, 1.54) is 6.20 Å². The SMILES string of the molecule is CC(Nc1nnccc1C#N)c1ncc[nH]1. The summed E-state index contributed by atoms with van der Waals surface area (Å²) in [4.78, 5) is 7.11. The van der Waals surface area contributed by atoms with E-state index in [0.717, 1.165) is 5.82 Å². The van der Waals surface area contributed by atoms with Crippen LogP contribution in [0, 0.1) is 11.3 Å². The largest absolute Gasteiger partial charge is 0.358 e. The van der Waals surface area contributed by atoms with Crippen molar-refractivity contribution in [2.24, 2.45) is 0 Å². The van der Waals surface area contributed by atoms with E-state index in [-0.39, 0.29) is 6.04 Å². The van der Waals surface area contributed by atoms with Crippen molar-refractivity contribution in [1.82, 2.24) is 20.2 Å². The van der Waals surface area contributed by atoms with E-state index >= 15 is 0 Å². The van der Waals surface area contributed by atoms with Crippen molar-refractivity contribution in [3.63, 3.8) is 0 Å². The molecule has 0 saturated heterocycles. The fourth-order valence-electron chi connectivity index (χ4n) is 1.32. The van der Waals surface area contributed by atoms with E-state index in [1.54, 1.807) is 18.5 Å². The highest BCUT2D eigenvalue weighted by Gasteiger charge is 2.10. The molecule has 0 amide bonds. The van der Waals surface area contributed by atoms with Crippen LogP contribution < -0.4 is 5.32 Å². The average Bonchev–Trinajstić information content (AvgIpc) is 2.83. The molecule has 2 rings (SSSR count). The molecule has 0 bridgehead atoms. The third-order valence-corrected chi connectivity index (χ3v) is 2.12. The summed E-state index contributed by atoms with van der Waals surface area (Å²) in [5.41, 5.74) is 0.466. The molecule has 6 nitrogen and oxygen atoms in total. The molecule has 0 radical (unpaired) electrons. The highest BCUT2D eigenvalue weighted by molar-refractivity contribution is 5.50. The normalized spacial score (nSPS) is 11.8. The van der Waals surface area contributed by atoms with Gasteiger partial charge in [-0.2, -0.15) is 10.4 Å². The van der Waals surface area contributed by atoms with E-state index < -0.39 is 0 Å². The number of hydrogen-bond acceptors (Lipinski definition) is 5. The lowest BCUT2D eigenvalue weighted by atomic mass is 10.2. The smallest absolute Gasteiger partial charge is 0.167 e. The Bertz CT molecular complexity index is 498. The molecule has 1 unspecified atom stereocenters. The molecular weight excluding hydrogens is 204 g/mol. The number of imidazole rings is 1. The Morgan fingerprint density at radius 1 is 1.50 bits per heavy atom. The molecule has 0 fully saturated rings. The van der Waals surface area contributed by atoms with E-state index in [0.29, 0.717) is 11.4 Å². The molecule has 0 aliphatic rings. The van der Waals surface area contributed by atoms with Crippen LogP contribution in [0.3, 0.4) is 0 Å². The molecule has 6 heteroatoms. The molecule has 1 atom stereocenters. The fraction of sp³-hybridized carbons (Fsp3) is 0.200. The molecule has 16 heavy (non-hydrogen) atoms. The standard InChI is InChI=1S/C10H10N6/c1-7(9-12-4-5-13-9)15-10-8(6-11)2-3-14-16-10/h2-5,7H,1H3,(H,12,13)(H,15,16). The van der Waals surface area contributed by atoms with Gasteiger partial charge in [-0.1, -0.05) is 0 Å². The van der Waals surface area contributed by atoms with Gasteiger partial charge in [0.1, 0.15) is 11.9 Å². The second kappa shape index (κ2) is 4.40. The van der Waals surface area contributed by atoms with Gasteiger partial charge >= 0.3 is 0 Å². The van der Waals surface area contributed by atoms with Crippen LogP contribution in [0.1, 0.15) is 24.4 Å². The van der Waals surface area contributed by atoms with Crippen molar-refractivity contribution in [1.29, 1.82) is 5.26 Å². The van der Waals surface area contributed by atoms with Gasteiger partial charge in [-0.25, -0.2) is 4.98 Å². The van der Waals surface area contributed by atoms with Crippen LogP contribution in [-0.4, -0.2) is 20.2 Å². The number of nitriles is 1. The van der Waals surface area contributed by atoms with Crippen LogP contribution >= 0.6 is 0 Å². The van der Waals surface area contributed by atoms with Crippen molar-refractivity contribution in [3.8, 4) is 6.07 Å². The highest BCUT2D eigenvalue weighted by Crippen LogP contribution is 2.16. The minimum Gasteiger partial charge on any atom is -0.358 e. The topological polar surface area (TPSA) is 90.3 Å². The van der Waals surface area contributed by atoms with Gasteiger partial charge in [0, 0.05) is 12.4 Å². The maximum Gasteiger partial charge on any atom is 0.167 e. The lowest BCUT2D eigenvalue weighted by molar-refractivity contribution is 0.796. The van der Waals surface area contributed by atoms with Crippen molar-refractivity contribution in [2.75, 3.05) is 5.32 Å². The summed E-state index contributed by atoms with van der Waals surface area (Å²) in [6, 6.07) is 3.61. The Kier molecular flexibility index (Phi) is 2.78. The molecule has 0 aliphatic carbocycles. The maximum absolute atomic E-state index is 8.88. The minimum absolute atomic E-state index is 0.0567. The third-order valence-electron chi connectivity index (χ3n) is 2.12. The molecule has 80 valence electrons. The van der Waals surface area contributed by atoms with Gasteiger partial charge in [-0.15, -0.1) is 5.10 Å². The number of aromatic amines is 1. The molecule has 0 spiro atoms. The second-order valence-corrected chi connectivity index (χ2v) is 3.25. The molecule has 0 saturated carbocycles. The van der Waals surface area contributed by atoms with Crippen molar-refractivity contribution in [2.45, 2.75) is 13.0 Å². The zero-order valence-electron chi connectivity index (χ0n) is 8.68. The number of nitrogens with one attached hydrogen (secondary N) is 2. The van der Waals surface area contributed by atoms with Crippen LogP contribution in [0.15, 0.2) is 24.7 Å². The summed E-state index contributed by atoms with van der Waals surface area (Å²) in [6.45, 7) is 1.93. The first-order valence-electron chi connectivity index (χ1n) is 4.79. The number of H-pyrrole nitrogens is 1. The first kappa shape index (κ1) is 10.1. The number of nitrogens with zero attached hydrogens (tertiary/aromatic N) is 4. The monoisotopic (exact) mass is 214 g/mol. The van der Waals surface area contributed by atoms with Crippen molar-refractivity contribution in [3.05, 3.63) is 36.0 Å². The molecule has 2 heterocycles. The van der Waals surface area contributed by atoms with Gasteiger partial charge < -0.3 is 10.3 Å². The first-order valence-corrected chi connectivity index (χ1v) is 4.79. The van der Waals surface area contributed by atoms with Crippen LogP contribution in [-0.2, 0) is 0 Å². The van der Waals surface area contributed by atoms with E-state index in [4.69, 9.17) is 5.26 Å². The number of aromatic nitrogens is 4. The second-order valence-electron chi connectivity index (χ2n) is 3.25. The number of anilines is 1. The predicted molar refractivity (Wildman–Crippen MR) is 57.4 cm³/mol. The Balaban J connectivity index is 2.19. The lowest BCUT2D eigenvalue weighted by Crippen LogP contribution is -2.11. The van der Waals surface area contributed by atoms with Gasteiger partial charge in [-0.3, -0.25) is 0 Å². The van der Waals surface area contributed by atoms with Gasteiger partial charge in [-0.05, 0) is 13.0 Å². The summed E-state index contributed by atoms with van der Waals surface area (Å²) in [5.74, 6) is 1.25. The maximum atomic E-state index is 8.88. The van der Waals surface area contributed by atoms with Gasteiger partial charge in [0.15, 0.2) is 5.82 Å².